The molecule has 0 aliphatic carbocycles. The van der Waals surface area contributed by atoms with E-state index in [4.69, 9.17) is 16.7 Å². The van der Waals surface area contributed by atoms with Crippen LogP contribution in [0.15, 0.2) is 35.2 Å². The molecular formula is C9H11ClO3S. The van der Waals surface area contributed by atoms with Gasteiger partial charge in [-0.1, -0.05) is 18.2 Å². The highest BCUT2D eigenvalue weighted by atomic mass is 35.5. The fourth-order valence-electron chi connectivity index (χ4n) is 1.01. The SMILES string of the molecule is O=S(=O)(CC(Cl)CO)c1ccccc1. The second-order valence-electron chi connectivity index (χ2n) is 2.87. The van der Waals surface area contributed by atoms with Crippen LogP contribution in [0.25, 0.3) is 0 Å². The lowest BCUT2D eigenvalue weighted by Gasteiger charge is -2.06. The number of benzene rings is 1. The van der Waals surface area contributed by atoms with Gasteiger partial charge < -0.3 is 5.11 Å². The minimum atomic E-state index is -3.36. The standard InChI is InChI=1S/C9H11ClO3S/c10-8(6-11)7-14(12,13)9-4-2-1-3-5-9/h1-5,8,11H,6-7H2. The van der Waals surface area contributed by atoms with Crippen molar-refractivity contribution < 1.29 is 13.5 Å². The Balaban J connectivity index is 2.87. The van der Waals surface area contributed by atoms with Crippen molar-refractivity contribution in [2.24, 2.45) is 0 Å². The molecule has 0 aromatic heterocycles. The first-order valence-corrected chi connectivity index (χ1v) is 6.18. The topological polar surface area (TPSA) is 54.4 Å². The maximum absolute atomic E-state index is 11.6. The largest absolute Gasteiger partial charge is 0.395 e. The molecule has 1 unspecified atom stereocenters. The maximum Gasteiger partial charge on any atom is 0.179 e. The predicted octanol–water partition coefficient (Wildman–Crippen LogP) is 1.06. The molecule has 0 aliphatic rings. The average Bonchev–Trinajstić information content (AvgIpc) is 2.18. The minimum absolute atomic E-state index is 0.235. The Morgan fingerprint density at radius 3 is 2.36 bits per heavy atom. The summed E-state index contributed by atoms with van der Waals surface area (Å²) in [6.07, 6.45) is 0. The van der Waals surface area contributed by atoms with Gasteiger partial charge in [0.2, 0.25) is 0 Å². The second-order valence-corrected chi connectivity index (χ2v) is 5.53. The molecular weight excluding hydrogens is 224 g/mol. The van der Waals surface area contributed by atoms with Crippen molar-refractivity contribution in [1.29, 1.82) is 0 Å². The molecule has 14 heavy (non-hydrogen) atoms. The highest BCUT2D eigenvalue weighted by Gasteiger charge is 2.18. The number of rotatable bonds is 4. The number of alkyl halides is 1. The van der Waals surface area contributed by atoms with Crippen molar-refractivity contribution in [3.05, 3.63) is 30.3 Å². The summed E-state index contributed by atoms with van der Waals surface area (Å²) in [5, 5.41) is 7.90. The van der Waals surface area contributed by atoms with Crippen molar-refractivity contribution in [1.82, 2.24) is 0 Å². The molecule has 0 bridgehead atoms. The lowest BCUT2D eigenvalue weighted by atomic mass is 10.4. The molecule has 1 rings (SSSR count). The van der Waals surface area contributed by atoms with Crippen molar-refractivity contribution >= 4 is 21.4 Å². The molecule has 0 saturated heterocycles. The summed E-state index contributed by atoms with van der Waals surface area (Å²) < 4.78 is 23.2. The summed E-state index contributed by atoms with van der Waals surface area (Å²) in [5.41, 5.74) is 0. The number of halogens is 1. The molecule has 0 amide bonds. The molecule has 0 fully saturated rings. The van der Waals surface area contributed by atoms with E-state index in [1.165, 1.54) is 12.1 Å². The molecule has 0 spiro atoms. The quantitative estimate of drug-likeness (QED) is 0.793. The third-order valence-electron chi connectivity index (χ3n) is 1.70. The molecule has 5 heteroatoms. The highest BCUT2D eigenvalue weighted by Crippen LogP contribution is 2.12. The molecule has 1 aromatic carbocycles. The van der Waals surface area contributed by atoms with Crippen LogP contribution in [-0.2, 0) is 9.84 Å². The Hall–Kier alpha value is -0.580. The van der Waals surface area contributed by atoms with Crippen molar-refractivity contribution in [3.8, 4) is 0 Å². The minimum Gasteiger partial charge on any atom is -0.395 e. The van der Waals surface area contributed by atoms with Crippen molar-refractivity contribution in [3.63, 3.8) is 0 Å². The average molecular weight is 235 g/mol. The van der Waals surface area contributed by atoms with E-state index in [0.29, 0.717) is 0 Å². The number of sulfone groups is 1. The van der Waals surface area contributed by atoms with E-state index in [0.717, 1.165) is 0 Å². The normalized spacial score (nSPS) is 13.9. The van der Waals surface area contributed by atoms with Gasteiger partial charge in [-0.05, 0) is 12.1 Å². The zero-order valence-electron chi connectivity index (χ0n) is 7.43. The van der Waals surface area contributed by atoms with Crippen LogP contribution in [-0.4, -0.2) is 31.3 Å². The van der Waals surface area contributed by atoms with Gasteiger partial charge in [0, 0.05) is 0 Å². The van der Waals surface area contributed by atoms with Gasteiger partial charge in [0.15, 0.2) is 9.84 Å². The molecule has 78 valence electrons. The third kappa shape index (κ3) is 2.97. The van der Waals surface area contributed by atoms with Gasteiger partial charge in [0.1, 0.15) is 0 Å². The van der Waals surface area contributed by atoms with E-state index in [-0.39, 0.29) is 17.3 Å². The maximum atomic E-state index is 11.6. The summed E-state index contributed by atoms with van der Waals surface area (Å²) in [6, 6.07) is 8.06. The molecule has 1 N–H and O–H groups in total. The smallest absolute Gasteiger partial charge is 0.179 e. The van der Waals surface area contributed by atoms with Crippen LogP contribution in [0.4, 0.5) is 0 Å². The molecule has 1 aromatic rings. The first-order valence-electron chi connectivity index (χ1n) is 4.09. The zero-order chi connectivity index (χ0) is 10.6. The Morgan fingerprint density at radius 2 is 1.86 bits per heavy atom. The Bertz CT molecular complexity index is 374. The van der Waals surface area contributed by atoms with Crippen molar-refractivity contribution in [2.75, 3.05) is 12.4 Å². The Kier molecular flexibility index (Phi) is 3.92. The van der Waals surface area contributed by atoms with Crippen LogP contribution in [0.2, 0.25) is 0 Å². The van der Waals surface area contributed by atoms with E-state index in [9.17, 15) is 8.42 Å². The molecule has 0 aliphatic heterocycles. The van der Waals surface area contributed by atoms with Gasteiger partial charge >= 0.3 is 0 Å². The van der Waals surface area contributed by atoms with Gasteiger partial charge in [0.25, 0.3) is 0 Å². The van der Waals surface area contributed by atoms with E-state index >= 15 is 0 Å². The fraction of sp³-hybridized carbons (Fsp3) is 0.333. The molecule has 0 saturated carbocycles. The van der Waals surface area contributed by atoms with Gasteiger partial charge in [-0.15, -0.1) is 11.6 Å². The van der Waals surface area contributed by atoms with Crippen LogP contribution < -0.4 is 0 Å². The molecule has 0 radical (unpaired) electrons. The zero-order valence-corrected chi connectivity index (χ0v) is 9.00. The van der Waals surface area contributed by atoms with E-state index < -0.39 is 15.2 Å². The fourth-order valence-corrected chi connectivity index (χ4v) is 2.86. The monoisotopic (exact) mass is 234 g/mol. The van der Waals surface area contributed by atoms with Crippen LogP contribution >= 0.6 is 11.6 Å². The van der Waals surface area contributed by atoms with Crippen LogP contribution in [0.5, 0.6) is 0 Å². The van der Waals surface area contributed by atoms with Gasteiger partial charge in [0.05, 0.1) is 22.6 Å². The molecule has 3 nitrogen and oxygen atoms in total. The number of aliphatic hydroxyl groups excluding tert-OH is 1. The van der Waals surface area contributed by atoms with Crippen molar-refractivity contribution in [2.45, 2.75) is 10.3 Å². The van der Waals surface area contributed by atoms with Crippen LogP contribution in [0.1, 0.15) is 0 Å². The van der Waals surface area contributed by atoms with Crippen LogP contribution in [0, 0.1) is 0 Å². The first kappa shape index (κ1) is 11.5. The van der Waals surface area contributed by atoms with E-state index in [1.807, 2.05) is 0 Å². The Morgan fingerprint density at radius 1 is 1.29 bits per heavy atom. The second kappa shape index (κ2) is 4.77. The molecule has 1 atom stereocenters. The number of aliphatic hydroxyl groups is 1. The van der Waals surface area contributed by atoms with E-state index in [1.54, 1.807) is 18.2 Å². The summed E-state index contributed by atoms with van der Waals surface area (Å²) in [6.45, 7) is -0.340. The Labute approximate surface area is 88.2 Å². The lowest BCUT2D eigenvalue weighted by molar-refractivity contribution is 0.298. The van der Waals surface area contributed by atoms with Gasteiger partial charge in [-0.25, -0.2) is 8.42 Å². The lowest BCUT2D eigenvalue weighted by Crippen LogP contribution is -2.19. The third-order valence-corrected chi connectivity index (χ3v) is 4.01. The number of hydrogen-bond acceptors (Lipinski definition) is 3. The van der Waals surface area contributed by atoms with Gasteiger partial charge in [-0.3, -0.25) is 0 Å². The summed E-state index contributed by atoms with van der Waals surface area (Å²) >= 11 is 5.57. The summed E-state index contributed by atoms with van der Waals surface area (Å²) in [7, 11) is -3.36. The van der Waals surface area contributed by atoms with Gasteiger partial charge in [-0.2, -0.15) is 0 Å². The summed E-state index contributed by atoms with van der Waals surface area (Å²) in [4.78, 5) is 0.235. The predicted molar refractivity (Wildman–Crippen MR) is 55.2 cm³/mol. The first-order chi connectivity index (χ1) is 6.56. The highest BCUT2D eigenvalue weighted by molar-refractivity contribution is 7.91. The number of hydrogen-bond donors (Lipinski definition) is 1. The van der Waals surface area contributed by atoms with Crippen LogP contribution in [0.3, 0.4) is 0 Å². The summed E-state index contributed by atoms with van der Waals surface area (Å²) in [5.74, 6) is -0.241. The van der Waals surface area contributed by atoms with E-state index in [2.05, 4.69) is 0 Å². The molecule has 0 heterocycles.